The van der Waals surface area contributed by atoms with Crippen molar-refractivity contribution in [3.63, 3.8) is 0 Å². The highest BCUT2D eigenvalue weighted by Gasteiger charge is 2.16. The van der Waals surface area contributed by atoms with Crippen molar-refractivity contribution >= 4 is 27.2 Å². The van der Waals surface area contributed by atoms with Gasteiger partial charge in [0.05, 0.1) is 15.8 Å². The summed E-state index contributed by atoms with van der Waals surface area (Å²) in [7, 11) is 0. The van der Waals surface area contributed by atoms with Gasteiger partial charge in [-0.05, 0) is 39.0 Å². The Labute approximate surface area is 109 Å². The number of nitrogen functional groups attached to an aromatic ring is 1. The lowest BCUT2D eigenvalue weighted by Crippen LogP contribution is -1.82. The van der Waals surface area contributed by atoms with Crippen LogP contribution in [-0.2, 0) is 0 Å². The summed E-state index contributed by atoms with van der Waals surface area (Å²) in [5, 5.41) is 1.00. The number of rotatable bonds is 1. The summed E-state index contributed by atoms with van der Waals surface area (Å²) in [4.78, 5) is 4.66. The van der Waals surface area contributed by atoms with Crippen LogP contribution in [0, 0.1) is 20.8 Å². The van der Waals surface area contributed by atoms with Crippen LogP contribution in [0.25, 0.3) is 20.8 Å². The number of furan rings is 1. The summed E-state index contributed by atoms with van der Waals surface area (Å²) in [5.74, 6) is 1.89. The van der Waals surface area contributed by atoms with Crippen LogP contribution < -0.4 is 5.73 Å². The number of aromatic nitrogens is 1. The van der Waals surface area contributed by atoms with E-state index in [1.807, 2.05) is 32.0 Å². The quantitative estimate of drug-likeness (QED) is 0.669. The van der Waals surface area contributed by atoms with Crippen LogP contribution in [0.3, 0.4) is 0 Å². The molecule has 0 amide bonds. The zero-order valence-corrected chi connectivity index (χ0v) is 11.4. The van der Waals surface area contributed by atoms with Gasteiger partial charge < -0.3 is 10.2 Å². The molecule has 3 rings (SSSR count). The van der Waals surface area contributed by atoms with Crippen LogP contribution in [0.2, 0.25) is 0 Å². The van der Waals surface area contributed by atoms with E-state index in [2.05, 4.69) is 11.9 Å². The lowest BCUT2D eigenvalue weighted by atomic mass is 10.1. The van der Waals surface area contributed by atoms with E-state index in [9.17, 15) is 0 Å². The number of nitrogens with zero attached hydrogens (tertiary/aromatic N) is 1. The van der Waals surface area contributed by atoms with E-state index in [1.54, 1.807) is 11.3 Å². The fourth-order valence-corrected chi connectivity index (χ4v) is 3.32. The van der Waals surface area contributed by atoms with Crippen LogP contribution in [-0.4, -0.2) is 4.98 Å². The fraction of sp³-hybridized carbons (Fsp3) is 0.214. The Balaban J connectivity index is 2.25. The molecule has 0 bridgehead atoms. The number of hydrogen-bond acceptors (Lipinski definition) is 4. The van der Waals surface area contributed by atoms with Gasteiger partial charge in [0.1, 0.15) is 16.5 Å². The Hall–Kier alpha value is -1.81. The molecule has 0 aliphatic carbocycles. The molecule has 0 atom stereocenters. The third-order valence-electron chi connectivity index (χ3n) is 3.19. The van der Waals surface area contributed by atoms with E-state index in [0.717, 1.165) is 38.0 Å². The van der Waals surface area contributed by atoms with E-state index >= 15 is 0 Å². The summed E-state index contributed by atoms with van der Waals surface area (Å²) in [6, 6.07) is 5.81. The van der Waals surface area contributed by atoms with Gasteiger partial charge in [-0.15, -0.1) is 11.3 Å². The number of thiazole rings is 1. The second kappa shape index (κ2) is 3.85. The van der Waals surface area contributed by atoms with Crippen LogP contribution in [0.5, 0.6) is 0 Å². The maximum Gasteiger partial charge on any atom is 0.128 e. The third kappa shape index (κ3) is 1.61. The van der Waals surface area contributed by atoms with Gasteiger partial charge in [0, 0.05) is 11.3 Å². The third-order valence-corrected chi connectivity index (χ3v) is 4.22. The second-order valence-corrected chi connectivity index (χ2v) is 5.49. The zero-order valence-electron chi connectivity index (χ0n) is 10.6. The van der Waals surface area contributed by atoms with Gasteiger partial charge in [-0.1, -0.05) is 0 Å². The summed E-state index contributed by atoms with van der Waals surface area (Å²) < 4.78 is 6.77. The van der Waals surface area contributed by atoms with Crippen molar-refractivity contribution in [3.8, 4) is 10.6 Å². The first-order valence-electron chi connectivity index (χ1n) is 5.79. The van der Waals surface area contributed by atoms with Gasteiger partial charge in [0.2, 0.25) is 0 Å². The molecule has 0 fully saturated rings. The topological polar surface area (TPSA) is 52.0 Å². The Morgan fingerprint density at radius 2 is 1.94 bits per heavy atom. The number of aryl methyl sites for hydroxylation is 2. The summed E-state index contributed by atoms with van der Waals surface area (Å²) in [6.45, 7) is 6.04. The molecule has 0 saturated heterocycles. The molecule has 92 valence electrons. The molecule has 0 aliphatic heterocycles. The summed E-state index contributed by atoms with van der Waals surface area (Å²) in [6.07, 6.45) is 0. The SMILES string of the molecule is Cc1oc(C)c(-c2nc3ccc(N)cc3s2)c1C. The molecule has 3 aromatic rings. The van der Waals surface area contributed by atoms with Gasteiger partial charge in [0.25, 0.3) is 0 Å². The van der Waals surface area contributed by atoms with Crippen molar-refractivity contribution in [2.24, 2.45) is 0 Å². The molecule has 3 nitrogen and oxygen atoms in total. The van der Waals surface area contributed by atoms with Crippen molar-refractivity contribution in [1.29, 1.82) is 0 Å². The van der Waals surface area contributed by atoms with Crippen molar-refractivity contribution in [2.45, 2.75) is 20.8 Å². The van der Waals surface area contributed by atoms with E-state index in [0.29, 0.717) is 0 Å². The maximum absolute atomic E-state index is 5.80. The Morgan fingerprint density at radius 1 is 1.17 bits per heavy atom. The molecule has 0 spiro atoms. The predicted molar refractivity (Wildman–Crippen MR) is 75.9 cm³/mol. The van der Waals surface area contributed by atoms with E-state index < -0.39 is 0 Å². The highest BCUT2D eigenvalue weighted by Crippen LogP contribution is 2.36. The average Bonchev–Trinajstić information content (AvgIpc) is 2.80. The normalized spacial score (nSPS) is 11.3. The van der Waals surface area contributed by atoms with Gasteiger partial charge in [-0.2, -0.15) is 0 Å². The minimum Gasteiger partial charge on any atom is -0.466 e. The van der Waals surface area contributed by atoms with Crippen LogP contribution in [0.15, 0.2) is 22.6 Å². The van der Waals surface area contributed by atoms with Crippen molar-refractivity contribution in [3.05, 3.63) is 35.3 Å². The number of nitrogens with two attached hydrogens (primary N) is 1. The van der Waals surface area contributed by atoms with Crippen LogP contribution in [0.1, 0.15) is 17.1 Å². The first kappa shape index (κ1) is 11.3. The van der Waals surface area contributed by atoms with Crippen molar-refractivity contribution in [1.82, 2.24) is 4.98 Å². The molecule has 0 radical (unpaired) electrons. The first-order valence-corrected chi connectivity index (χ1v) is 6.61. The fourth-order valence-electron chi connectivity index (χ4n) is 2.16. The number of fused-ring (bicyclic) bond motifs is 1. The van der Waals surface area contributed by atoms with Gasteiger partial charge in [-0.3, -0.25) is 0 Å². The zero-order chi connectivity index (χ0) is 12.9. The Morgan fingerprint density at radius 3 is 2.61 bits per heavy atom. The minimum atomic E-state index is 0.773. The average molecular weight is 258 g/mol. The van der Waals surface area contributed by atoms with E-state index in [4.69, 9.17) is 10.2 Å². The molecular formula is C14H14N2OS. The monoisotopic (exact) mass is 258 g/mol. The lowest BCUT2D eigenvalue weighted by Gasteiger charge is -1.94. The molecular weight excluding hydrogens is 244 g/mol. The predicted octanol–water partition coefficient (Wildman–Crippen LogP) is 4.06. The highest BCUT2D eigenvalue weighted by molar-refractivity contribution is 7.21. The van der Waals surface area contributed by atoms with Crippen LogP contribution >= 0.6 is 11.3 Å². The second-order valence-electron chi connectivity index (χ2n) is 4.46. The molecule has 2 heterocycles. The Bertz CT molecular complexity index is 740. The standard InChI is InChI=1S/C14H14N2OS/c1-7-8(2)17-9(3)13(7)14-16-11-5-4-10(15)6-12(11)18-14/h4-6H,15H2,1-3H3. The van der Waals surface area contributed by atoms with E-state index in [1.165, 1.54) is 5.56 Å². The number of anilines is 1. The molecule has 4 heteroatoms. The Kier molecular flexibility index (Phi) is 2.41. The highest BCUT2D eigenvalue weighted by atomic mass is 32.1. The first-order chi connectivity index (χ1) is 8.56. The maximum atomic E-state index is 5.80. The summed E-state index contributed by atoms with van der Waals surface area (Å²) in [5.41, 5.74) is 9.84. The smallest absolute Gasteiger partial charge is 0.128 e. The molecule has 18 heavy (non-hydrogen) atoms. The lowest BCUT2D eigenvalue weighted by molar-refractivity contribution is 0.503. The van der Waals surface area contributed by atoms with Gasteiger partial charge in [0.15, 0.2) is 0 Å². The largest absolute Gasteiger partial charge is 0.466 e. The minimum absolute atomic E-state index is 0.773. The van der Waals surface area contributed by atoms with Crippen molar-refractivity contribution in [2.75, 3.05) is 5.73 Å². The van der Waals surface area contributed by atoms with Gasteiger partial charge in [-0.25, -0.2) is 4.98 Å². The molecule has 2 aromatic heterocycles. The number of benzene rings is 1. The van der Waals surface area contributed by atoms with Gasteiger partial charge >= 0.3 is 0 Å². The van der Waals surface area contributed by atoms with E-state index in [-0.39, 0.29) is 0 Å². The number of hydrogen-bond donors (Lipinski definition) is 1. The van der Waals surface area contributed by atoms with Crippen molar-refractivity contribution < 1.29 is 4.42 Å². The molecule has 0 saturated carbocycles. The summed E-state index contributed by atoms with van der Waals surface area (Å²) >= 11 is 1.66. The molecule has 1 aromatic carbocycles. The van der Waals surface area contributed by atoms with Crippen LogP contribution in [0.4, 0.5) is 5.69 Å². The molecule has 0 aliphatic rings. The molecule has 0 unspecified atom stereocenters. The molecule has 2 N–H and O–H groups in total.